The largest absolute Gasteiger partial charge is 0.329 e. The van der Waals surface area contributed by atoms with Crippen LogP contribution in [0.4, 0.5) is 0 Å². The minimum Gasteiger partial charge on any atom is -0.329 e. The maximum Gasteiger partial charge on any atom is 0.0623 e. The smallest absolute Gasteiger partial charge is 0.0623 e. The molecule has 4 N–H and O–H groups in total. The summed E-state index contributed by atoms with van der Waals surface area (Å²) in [6.07, 6.45) is 3.42. The zero-order chi connectivity index (χ0) is 8.97. The van der Waals surface area contributed by atoms with Crippen LogP contribution in [0, 0.1) is 0 Å². The quantitative estimate of drug-likeness (QED) is 0.688. The molecule has 0 unspecified atom stereocenters. The Bertz CT molecular complexity index is 253. The van der Waals surface area contributed by atoms with E-state index in [4.69, 9.17) is 11.5 Å². The van der Waals surface area contributed by atoms with Gasteiger partial charge in [-0.3, -0.25) is 4.98 Å². The van der Waals surface area contributed by atoms with Crippen molar-refractivity contribution in [1.29, 1.82) is 0 Å². The Labute approximate surface area is 72.1 Å². The van der Waals surface area contributed by atoms with Gasteiger partial charge in [0.15, 0.2) is 0 Å². The Hall–Kier alpha value is -1.19. The molecule has 0 aliphatic carbocycles. The van der Waals surface area contributed by atoms with Gasteiger partial charge in [-0.15, -0.1) is 0 Å². The molecule has 0 aromatic carbocycles. The van der Waals surface area contributed by atoms with Crippen LogP contribution in [0.5, 0.6) is 0 Å². The summed E-state index contributed by atoms with van der Waals surface area (Å²) < 4.78 is 0. The first-order chi connectivity index (χ1) is 5.77. The van der Waals surface area contributed by atoms with Gasteiger partial charge in [-0.05, 0) is 17.7 Å². The highest BCUT2D eigenvalue weighted by molar-refractivity contribution is 5.41. The van der Waals surface area contributed by atoms with Gasteiger partial charge in [0.2, 0.25) is 0 Å². The van der Waals surface area contributed by atoms with Crippen LogP contribution in [0.1, 0.15) is 17.3 Å². The SMILES string of the molecule is C=Cc1ccc([C@@H](N)CN)cn1. The van der Waals surface area contributed by atoms with Crippen molar-refractivity contribution in [3.63, 3.8) is 0 Å². The van der Waals surface area contributed by atoms with Gasteiger partial charge in [0.1, 0.15) is 0 Å². The van der Waals surface area contributed by atoms with Crippen LogP contribution in [0.2, 0.25) is 0 Å². The first-order valence-corrected chi connectivity index (χ1v) is 3.82. The number of hydrogen-bond donors (Lipinski definition) is 2. The highest BCUT2D eigenvalue weighted by Crippen LogP contribution is 2.07. The van der Waals surface area contributed by atoms with Crippen LogP contribution in [-0.2, 0) is 0 Å². The first-order valence-electron chi connectivity index (χ1n) is 3.82. The third-order valence-electron chi connectivity index (χ3n) is 1.70. The minimum atomic E-state index is -0.114. The lowest BCUT2D eigenvalue weighted by atomic mass is 10.1. The number of hydrogen-bond acceptors (Lipinski definition) is 3. The molecule has 0 fully saturated rings. The second kappa shape index (κ2) is 3.99. The zero-order valence-electron chi connectivity index (χ0n) is 6.90. The molecule has 12 heavy (non-hydrogen) atoms. The highest BCUT2D eigenvalue weighted by atomic mass is 14.7. The number of nitrogens with zero attached hydrogens (tertiary/aromatic N) is 1. The summed E-state index contributed by atoms with van der Waals surface area (Å²) in [5, 5.41) is 0. The van der Waals surface area contributed by atoms with Gasteiger partial charge in [0.05, 0.1) is 5.69 Å². The average molecular weight is 163 g/mol. The molecule has 1 heterocycles. The molecular weight excluding hydrogens is 150 g/mol. The zero-order valence-corrected chi connectivity index (χ0v) is 6.90. The summed E-state index contributed by atoms with van der Waals surface area (Å²) in [5.74, 6) is 0. The summed E-state index contributed by atoms with van der Waals surface area (Å²) in [7, 11) is 0. The number of pyridine rings is 1. The molecule has 0 radical (unpaired) electrons. The van der Waals surface area contributed by atoms with Crippen LogP contribution in [-0.4, -0.2) is 11.5 Å². The Morgan fingerprint density at radius 2 is 2.33 bits per heavy atom. The van der Waals surface area contributed by atoms with Crippen molar-refractivity contribution in [2.24, 2.45) is 11.5 Å². The number of aromatic nitrogens is 1. The molecule has 3 nitrogen and oxygen atoms in total. The van der Waals surface area contributed by atoms with Crippen LogP contribution >= 0.6 is 0 Å². The summed E-state index contributed by atoms with van der Waals surface area (Å²) >= 11 is 0. The Balaban J connectivity index is 2.84. The molecule has 0 aliphatic heterocycles. The predicted octanol–water partition coefficient (Wildman–Crippen LogP) is 0.683. The van der Waals surface area contributed by atoms with Gasteiger partial charge >= 0.3 is 0 Å². The highest BCUT2D eigenvalue weighted by Gasteiger charge is 2.02. The standard InChI is InChI=1S/C9H13N3/c1-2-8-4-3-7(6-12-8)9(11)5-10/h2-4,6,9H,1,5,10-11H2/t9-/m0/s1. The summed E-state index contributed by atoms with van der Waals surface area (Å²) in [5.41, 5.74) is 12.9. The van der Waals surface area contributed by atoms with Gasteiger partial charge in [-0.25, -0.2) is 0 Å². The third kappa shape index (κ3) is 1.90. The fraction of sp³-hybridized carbons (Fsp3) is 0.222. The molecule has 0 saturated heterocycles. The van der Waals surface area contributed by atoms with E-state index >= 15 is 0 Å². The van der Waals surface area contributed by atoms with E-state index in [1.54, 1.807) is 12.3 Å². The van der Waals surface area contributed by atoms with Crippen LogP contribution in [0.25, 0.3) is 6.08 Å². The molecule has 0 saturated carbocycles. The van der Waals surface area contributed by atoms with Crippen molar-refractivity contribution in [2.45, 2.75) is 6.04 Å². The van der Waals surface area contributed by atoms with Gasteiger partial charge < -0.3 is 11.5 Å². The van der Waals surface area contributed by atoms with Crippen molar-refractivity contribution >= 4 is 6.08 Å². The van der Waals surface area contributed by atoms with Gasteiger partial charge in [0, 0.05) is 18.8 Å². The maximum atomic E-state index is 5.69. The lowest BCUT2D eigenvalue weighted by molar-refractivity contribution is 0.733. The van der Waals surface area contributed by atoms with Crippen molar-refractivity contribution in [3.05, 3.63) is 36.2 Å². The lowest BCUT2D eigenvalue weighted by Gasteiger charge is -2.07. The molecule has 64 valence electrons. The fourth-order valence-corrected chi connectivity index (χ4v) is 0.893. The van der Waals surface area contributed by atoms with Crippen molar-refractivity contribution < 1.29 is 0 Å². The van der Waals surface area contributed by atoms with Crippen LogP contribution in [0.3, 0.4) is 0 Å². The minimum absolute atomic E-state index is 0.114. The summed E-state index contributed by atoms with van der Waals surface area (Å²) in [4.78, 5) is 4.11. The Morgan fingerprint density at radius 1 is 1.58 bits per heavy atom. The van der Waals surface area contributed by atoms with E-state index in [0.29, 0.717) is 6.54 Å². The average Bonchev–Trinajstić information content (AvgIpc) is 2.17. The molecule has 1 rings (SSSR count). The molecule has 1 atom stereocenters. The van der Waals surface area contributed by atoms with Crippen LogP contribution < -0.4 is 11.5 Å². The fourth-order valence-electron chi connectivity index (χ4n) is 0.893. The van der Waals surface area contributed by atoms with Gasteiger partial charge in [0.25, 0.3) is 0 Å². The molecule has 0 amide bonds. The second-order valence-electron chi connectivity index (χ2n) is 2.56. The topological polar surface area (TPSA) is 64.9 Å². The predicted molar refractivity (Wildman–Crippen MR) is 50.3 cm³/mol. The van der Waals surface area contributed by atoms with E-state index in [1.165, 1.54) is 0 Å². The maximum absolute atomic E-state index is 5.69. The van der Waals surface area contributed by atoms with Crippen molar-refractivity contribution in [2.75, 3.05) is 6.54 Å². The van der Waals surface area contributed by atoms with E-state index in [1.807, 2.05) is 12.1 Å². The van der Waals surface area contributed by atoms with Gasteiger partial charge in [-0.2, -0.15) is 0 Å². The molecule has 0 spiro atoms. The number of rotatable bonds is 3. The third-order valence-corrected chi connectivity index (χ3v) is 1.70. The summed E-state index contributed by atoms with van der Waals surface area (Å²) in [6.45, 7) is 4.05. The molecule has 0 aliphatic rings. The lowest BCUT2D eigenvalue weighted by Crippen LogP contribution is -2.20. The molecule has 1 aromatic rings. The molecule has 0 bridgehead atoms. The van der Waals surface area contributed by atoms with E-state index in [-0.39, 0.29) is 6.04 Å². The van der Waals surface area contributed by atoms with E-state index in [0.717, 1.165) is 11.3 Å². The summed E-state index contributed by atoms with van der Waals surface area (Å²) in [6, 6.07) is 3.68. The Kier molecular flexibility index (Phi) is 2.96. The first kappa shape index (κ1) is 8.90. The van der Waals surface area contributed by atoms with Crippen LogP contribution in [0.15, 0.2) is 24.9 Å². The van der Waals surface area contributed by atoms with Crippen molar-refractivity contribution in [1.82, 2.24) is 4.98 Å². The second-order valence-corrected chi connectivity index (χ2v) is 2.56. The van der Waals surface area contributed by atoms with Gasteiger partial charge in [-0.1, -0.05) is 12.6 Å². The monoisotopic (exact) mass is 163 g/mol. The molecule has 3 heteroatoms. The van der Waals surface area contributed by atoms with E-state index in [9.17, 15) is 0 Å². The van der Waals surface area contributed by atoms with Crippen molar-refractivity contribution in [3.8, 4) is 0 Å². The molecule has 1 aromatic heterocycles. The Morgan fingerprint density at radius 3 is 2.75 bits per heavy atom. The van der Waals surface area contributed by atoms with E-state index in [2.05, 4.69) is 11.6 Å². The molecular formula is C9H13N3. The normalized spacial score (nSPS) is 12.5. The van der Waals surface area contributed by atoms with E-state index < -0.39 is 0 Å². The number of nitrogens with two attached hydrogens (primary N) is 2.